The molecule has 0 fully saturated rings. The van der Waals surface area contributed by atoms with Crippen LogP contribution in [0.5, 0.6) is 0 Å². The Morgan fingerprint density at radius 2 is 1.84 bits per heavy atom. The number of benzene rings is 1. The first kappa shape index (κ1) is 15.1. The zero-order valence-electron chi connectivity index (χ0n) is 13.8. The van der Waals surface area contributed by atoms with E-state index in [2.05, 4.69) is 37.7 Å². The fourth-order valence-corrected chi connectivity index (χ4v) is 2.74. The lowest BCUT2D eigenvalue weighted by molar-refractivity contribution is 0.771. The summed E-state index contributed by atoms with van der Waals surface area (Å²) < 4.78 is 1.82. The molecule has 1 aromatic carbocycles. The average molecular weight is 330 g/mol. The summed E-state index contributed by atoms with van der Waals surface area (Å²) in [6.07, 6.45) is 5.52. The van der Waals surface area contributed by atoms with Gasteiger partial charge in [0, 0.05) is 36.8 Å². The van der Waals surface area contributed by atoms with Gasteiger partial charge in [0.1, 0.15) is 5.69 Å². The van der Waals surface area contributed by atoms with Crippen molar-refractivity contribution in [3.63, 3.8) is 0 Å². The first-order valence-electron chi connectivity index (χ1n) is 8.07. The molecule has 3 heterocycles. The van der Waals surface area contributed by atoms with Crippen molar-refractivity contribution in [2.45, 2.75) is 6.54 Å². The molecule has 0 saturated heterocycles. The molecule has 0 unspecified atom stereocenters. The van der Waals surface area contributed by atoms with Crippen molar-refractivity contribution in [3.05, 3.63) is 72.8 Å². The molecule has 0 radical (unpaired) electrons. The van der Waals surface area contributed by atoms with E-state index in [0.29, 0.717) is 6.54 Å². The Morgan fingerprint density at radius 1 is 1.04 bits per heavy atom. The molecule has 3 aromatic heterocycles. The highest BCUT2D eigenvalue weighted by molar-refractivity contribution is 5.73. The average Bonchev–Trinajstić information content (AvgIpc) is 3.28. The van der Waals surface area contributed by atoms with Crippen LogP contribution in [-0.2, 0) is 13.6 Å². The van der Waals surface area contributed by atoms with Crippen LogP contribution >= 0.6 is 0 Å². The highest BCUT2D eigenvalue weighted by Crippen LogP contribution is 2.26. The maximum Gasteiger partial charge on any atom is 0.115 e. The van der Waals surface area contributed by atoms with E-state index >= 15 is 0 Å². The van der Waals surface area contributed by atoms with E-state index in [0.717, 1.165) is 33.9 Å². The summed E-state index contributed by atoms with van der Waals surface area (Å²) in [4.78, 5) is 4.03. The van der Waals surface area contributed by atoms with Crippen molar-refractivity contribution in [3.8, 4) is 22.5 Å². The molecule has 0 aliphatic heterocycles. The Kier molecular flexibility index (Phi) is 4.00. The van der Waals surface area contributed by atoms with Crippen LogP contribution < -0.4 is 5.32 Å². The van der Waals surface area contributed by atoms with Crippen LogP contribution in [-0.4, -0.2) is 25.0 Å². The van der Waals surface area contributed by atoms with Gasteiger partial charge >= 0.3 is 0 Å². The molecule has 0 amide bonds. The van der Waals surface area contributed by atoms with E-state index in [1.807, 2.05) is 54.3 Å². The summed E-state index contributed by atoms with van der Waals surface area (Å²) in [5, 5.41) is 15.5. The van der Waals surface area contributed by atoms with E-state index < -0.39 is 0 Å². The van der Waals surface area contributed by atoms with Gasteiger partial charge in [-0.1, -0.05) is 30.3 Å². The smallest absolute Gasteiger partial charge is 0.115 e. The minimum absolute atomic E-state index is 0.642. The lowest BCUT2D eigenvalue weighted by Crippen LogP contribution is -2.00. The predicted molar refractivity (Wildman–Crippen MR) is 97.8 cm³/mol. The number of nitrogens with zero attached hydrogens (tertiary/aromatic N) is 4. The monoisotopic (exact) mass is 330 g/mol. The molecule has 124 valence electrons. The van der Waals surface area contributed by atoms with Gasteiger partial charge in [-0.25, -0.2) is 0 Å². The summed E-state index contributed by atoms with van der Waals surface area (Å²) >= 11 is 0. The highest BCUT2D eigenvalue weighted by Gasteiger charge is 2.10. The number of aromatic nitrogens is 5. The van der Waals surface area contributed by atoms with Gasteiger partial charge in [0.25, 0.3) is 0 Å². The van der Waals surface area contributed by atoms with Gasteiger partial charge in [-0.05, 0) is 18.2 Å². The largest absolute Gasteiger partial charge is 0.376 e. The van der Waals surface area contributed by atoms with Crippen molar-refractivity contribution < 1.29 is 0 Å². The number of H-pyrrole nitrogens is 1. The lowest BCUT2D eigenvalue weighted by atomic mass is 10.1. The van der Waals surface area contributed by atoms with Crippen molar-refractivity contribution in [1.82, 2.24) is 25.0 Å². The van der Waals surface area contributed by atoms with Crippen LogP contribution in [0.15, 0.2) is 67.1 Å². The lowest BCUT2D eigenvalue weighted by Gasteiger charge is -2.04. The molecule has 0 aliphatic rings. The zero-order chi connectivity index (χ0) is 17.1. The van der Waals surface area contributed by atoms with Crippen LogP contribution in [0.2, 0.25) is 0 Å². The SMILES string of the molecule is Cn1cc(NCc2cc(-c3ccncc3)n[nH]2)c(-c2ccccc2)n1. The fourth-order valence-electron chi connectivity index (χ4n) is 2.74. The number of nitrogens with one attached hydrogen (secondary N) is 2. The minimum Gasteiger partial charge on any atom is -0.376 e. The Morgan fingerprint density at radius 3 is 2.64 bits per heavy atom. The Hall–Kier alpha value is -3.41. The maximum atomic E-state index is 4.57. The van der Waals surface area contributed by atoms with Gasteiger partial charge < -0.3 is 5.32 Å². The number of aromatic amines is 1. The van der Waals surface area contributed by atoms with Gasteiger partial charge in [0.05, 0.1) is 23.6 Å². The second-order valence-corrected chi connectivity index (χ2v) is 5.80. The van der Waals surface area contributed by atoms with E-state index in [1.165, 1.54) is 0 Å². The topological polar surface area (TPSA) is 71.4 Å². The van der Waals surface area contributed by atoms with E-state index in [4.69, 9.17) is 0 Å². The van der Waals surface area contributed by atoms with Gasteiger partial charge in [0.2, 0.25) is 0 Å². The third-order valence-electron chi connectivity index (χ3n) is 3.95. The molecule has 4 rings (SSSR count). The molecule has 0 bridgehead atoms. The molecule has 2 N–H and O–H groups in total. The van der Waals surface area contributed by atoms with E-state index in [9.17, 15) is 0 Å². The molecule has 0 saturated carbocycles. The third-order valence-corrected chi connectivity index (χ3v) is 3.95. The van der Waals surface area contributed by atoms with Crippen molar-refractivity contribution in [1.29, 1.82) is 0 Å². The first-order valence-corrected chi connectivity index (χ1v) is 8.07. The van der Waals surface area contributed by atoms with Gasteiger partial charge in [-0.2, -0.15) is 10.2 Å². The molecule has 0 aliphatic carbocycles. The minimum atomic E-state index is 0.642. The van der Waals surface area contributed by atoms with Gasteiger partial charge in [-0.15, -0.1) is 0 Å². The Balaban J connectivity index is 1.52. The highest BCUT2D eigenvalue weighted by atomic mass is 15.3. The molecular formula is C19H18N6. The van der Waals surface area contributed by atoms with Crippen LogP contribution in [0.4, 0.5) is 5.69 Å². The van der Waals surface area contributed by atoms with E-state index in [1.54, 1.807) is 12.4 Å². The Bertz CT molecular complexity index is 956. The summed E-state index contributed by atoms with van der Waals surface area (Å²) in [7, 11) is 1.93. The second-order valence-electron chi connectivity index (χ2n) is 5.80. The summed E-state index contributed by atoms with van der Waals surface area (Å²) in [5.74, 6) is 0. The summed E-state index contributed by atoms with van der Waals surface area (Å²) in [6.45, 7) is 0.642. The molecule has 6 heteroatoms. The van der Waals surface area contributed by atoms with Crippen LogP contribution in [0.3, 0.4) is 0 Å². The Labute approximate surface area is 145 Å². The summed E-state index contributed by atoms with van der Waals surface area (Å²) in [6, 6.07) is 16.1. The van der Waals surface area contributed by atoms with Crippen molar-refractivity contribution in [2.24, 2.45) is 7.05 Å². The normalized spacial score (nSPS) is 10.8. The number of aryl methyl sites for hydroxylation is 1. The molecule has 0 atom stereocenters. The fraction of sp³-hybridized carbons (Fsp3) is 0.105. The van der Waals surface area contributed by atoms with Gasteiger partial charge in [-0.3, -0.25) is 14.8 Å². The van der Waals surface area contributed by atoms with Crippen molar-refractivity contribution >= 4 is 5.69 Å². The molecule has 4 aromatic rings. The van der Waals surface area contributed by atoms with Gasteiger partial charge in [0.15, 0.2) is 0 Å². The van der Waals surface area contributed by atoms with E-state index in [-0.39, 0.29) is 0 Å². The first-order chi connectivity index (χ1) is 12.3. The third kappa shape index (κ3) is 3.28. The standard InChI is InChI=1S/C19H18N6/c1-25-13-18(19(24-25)15-5-3-2-4-6-15)21-12-16-11-17(23-22-16)14-7-9-20-10-8-14/h2-11,13,21H,12H2,1H3,(H,22,23). The second kappa shape index (κ2) is 6.60. The maximum absolute atomic E-state index is 4.57. The number of hydrogen-bond donors (Lipinski definition) is 2. The predicted octanol–water partition coefficient (Wildman–Crippen LogP) is 3.48. The number of anilines is 1. The number of rotatable bonds is 5. The molecular weight excluding hydrogens is 312 g/mol. The number of hydrogen-bond acceptors (Lipinski definition) is 4. The zero-order valence-corrected chi connectivity index (χ0v) is 13.8. The number of pyridine rings is 1. The molecule has 25 heavy (non-hydrogen) atoms. The quantitative estimate of drug-likeness (QED) is 0.588. The van der Waals surface area contributed by atoms with Crippen LogP contribution in [0, 0.1) is 0 Å². The molecule has 6 nitrogen and oxygen atoms in total. The van der Waals surface area contributed by atoms with Crippen LogP contribution in [0.25, 0.3) is 22.5 Å². The van der Waals surface area contributed by atoms with Crippen molar-refractivity contribution in [2.75, 3.05) is 5.32 Å². The summed E-state index contributed by atoms with van der Waals surface area (Å²) in [5.41, 5.74) is 5.99. The molecule has 0 spiro atoms. The van der Waals surface area contributed by atoms with Crippen LogP contribution in [0.1, 0.15) is 5.69 Å².